The average Bonchev–Trinajstić information content (AvgIpc) is 2.93. The van der Waals surface area contributed by atoms with E-state index in [1.54, 1.807) is 0 Å². The van der Waals surface area contributed by atoms with Crippen LogP contribution in [0.2, 0.25) is 0 Å². The second-order valence-electron chi connectivity index (χ2n) is 4.20. The van der Waals surface area contributed by atoms with Crippen LogP contribution in [0.4, 0.5) is 0 Å². The zero-order valence-corrected chi connectivity index (χ0v) is 9.37. The van der Waals surface area contributed by atoms with E-state index in [9.17, 15) is 0 Å². The van der Waals surface area contributed by atoms with Crippen LogP contribution in [0.1, 0.15) is 31.5 Å². The minimum absolute atomic E-state index is 0.412. The van der Waals surface area contributed by atoms with Crippen molar-refractivity contribution in [1.29, 1.82) is 0 Å². The Hall–Kier alpha value is -0.500. The van der Waals surface area contributed by atoms with Crippen molar-refractivity contribution in [3.05, 3.63) is 18.2 Å². The summed E-state index contributed by atoms with van der Waals surface area (Å²) < 4.78 is 2.08. The molecule has 1 aromatic heterocycles. The molecule has 0 bridgehead atoms. The molecule has 1 saturated carbocycles. The summed E-state index contributed by atoms with van der Waals surface area (Å²) in [4.78, 5) is 4.29. The molecule has 2 rings (SSSR count). The van der Waals surface area contributed by atoms with E-state index in [1.165, 1.54) is 18.7 Å². The number of alkyl halides is 1. The minimum atomic E-state index is 0.412. The predicted octanol–water partition coefficient (Wildman–Crippen LogP) is 2.76. The van der Waals surface area contributed by atoms with Gasteiger partial charge in [0.1, 0.15) is 5.82 Å². The van der Waals surface area contributed by atoms with E-state index in [1.807, 2.05) is 19.4 Å². The van der Waals surface area contributed by atoms with Crippen molar-refractivity contribution in [3.8, 4) is 0 Å². The Balaban J connectivity index is 1.69. The molecule has 0 saturated heterocycles. The smallest absolute Gasteiger partial charge is 0.108 e. The molecule has 14 heavy (non-hydrogen) atoms. The van der Waals surface area contributed by atoms with Gasteiger partial charge in [0.2, 0.25) is 0 Å². The van der Waals surface area contributed by atoms with Crippen molar-refractivity contribution in [2.75, 3.05) is 0 Å². The van der Waals surface area contributed by atoms with Crippen molar-refractivity contribution < 1.29 is 0 Å². The first-order chi connectivity index (χ1) is 6.77. The highest BCUT2D eigenvalue weighted by atomic mass is 35.5. The molecule has 1 fully saturated rings. The Labute approximate surface area is 90.3 Å². The first kappa shape index (κ1) is 10.0. The van der Waals surface area contributed by atoms with Crippen LogP contribution >= 0.6 is 11.6 Å². The number of imidazole rings is 1. The highest BCUT2D eigenvalue weighted by Gasteiger charge is 2.28. The van der Waals surface area contributed by atoms with Crippen LogP contribution in [0.5, 0.6) is 0 Å². The molecule has 1 atom stereocenters. The van der Waals surface area contributed by atoms with E-state index in [4.69, 9.17) is 11.6 Å². The lowest BCUT2D eigenvalue weighted by Gasteiger charge is -2.06. The number of nitrogens with zero attached hydrogens (tertiary/aromatic N) is 2. The van der Waals surface area contributed by atoms with Gasteiger partial charge >= 0.3 is 0 Å². The summed E-state index contributed by atoms with van der Waals surface area (Å²) in [5, 5.41) is 0.412. The SMILES string of the molecule is Cn1ccnc1CCCC(Cl)C1CC1. The van der Waals surface area contributed by atoms with Crippen molar-refractivity contribution in [3.63, 3.8) is 0 Å². The van der Waals surface area contributed by atoms with E-state index in [0.717, 1.165) is 25.2 Å². The molecule has 0 N–H and O–H groups in total. The number of aromatic nitrogens is 2. The van der Waals surface area contributed by atoms with Gasteiger partial charge in [-0.2, -0.15) is 0 Å². The number of rotatable bonds is 5. The van der Waals surface area contributed by atoms with Gasteiger partial charge in [0, 0.05) is 31.2 Å². The molecule has 3 heteroatoms. The van der Waals surface area contributed by atoms with Crippen molar-refractivity contribution in [2.24, 2.45) is 13.0 Å². The summed E-state index contributed by atoms with van der Waals surface area (Å²) in [5.41, 5.74) is 0. The monoisotopic (exact) mass is 212 g/mol. The zero-order chi connectivity index (χ0) is 9.97. The van der Waals surface area contributed by atoms with Crippen LogP contribution in [-0.4, -0.2) is 14.9 Å². The number of halogens is 1. The fraction of sp³-hybridized carbons (Fsp3) is 0.727. The normalized spacial score (nSPS) is 18.4. The summed E-state index contributed by atoms with van der Waals surface area (Å²) in [7, 11) is 2.04. The predicted molar refractivity (Wildman–Crippen MR) is 58.5 cm³/mol. The van der Waals surface area contributed by atoms with Crippen molar-refractivity contribution in [2.45, 2.75) is 37.5 Å². The molecule has 0 radical (unpaired) electrons. The van der Waals surface area contributed by atoms with Crippen LogP contribution in [0.3, 0.4) is 0 Å². The molecule has 1 aliphatic rings. The maximum atomic E-state index is 6.23. The molecular formula is C11H17ClN2. The summed E-state index contributed by atoms with van der Waals surface area (Å²) in [5.74, 6) is 1.99. The van der Waals surface area contributed by atoms with E-state index < -0.39 is 0 Å². The molecule has 2 nitrogen and oxygen atoms in total. The Morgan fingerprint density at radius 3 is 3.00 bits per heavy atom. The molecule has 1 unspecified atom stereocenters. The van der Waals surface area contributed by atoms with E-state index in [2.05, 4.69) is 9.55 Å². The Morgan fingerprint density at radius 1 is 1.64 bits per heavy atom. The number of aryl methyl sites for hydroxylation is 2. The molecule has 0 amide bonds. The standard InChI is InChI=1S/C11H17ClN2/c1-14-8-7-13-11(14)4-2-3-10(12)9-5-6-9/h7-10H,2-6H2,1H3. The molecule has 0 aliphatic heterocycles. The lowest BCUT2D eigenvalue weighted by atomic mass is 10.1. The third-order valence-corrected chi connectivity index (χ3v) is 3.51. The lowest BCUT2D eigenvalue weighted by Crippen LogP contribution is -2.03. The van der Waals surface area contributed by atoms with E-state index >= 15 is 0 Å². The maximum absolute atomic E-state index is 6.23. The number of hydrogen-bond donors (Lipinski definition) is 0. The zero-order valence-electron chi connectivity index (χ0n) is 8.62. The molecule has 1 heterocycles. The third-order valence-electron chi connectivity index (χ3n) is 2.93. The lowest BCUT2D eigenvalue weighted by molar-refractivity contribution is 0.617. The fourth-order valence-corrected chi connectivity index (χ4v) is 2.19. The van der Waals surface area contributed by atoms with Gasteiger partial charge in [0.25, 0.3) is 0 Å². The van der Waals surface area contributed by atoms with Gasteiger partial charge in [-0.05, 0) is 31.6 Å². The Morgan fingerprint density at radius 2 is 2.43 bits per heavy atom. The van der Waals surface area contributed by atoms with Gasteiger partial charge in [-0.15, -0.1) is 11.6 Å². The first-order valence-corrected chi connectivity index (χ1v) is 5.81. The largest absolute Gasteiger partial charge is 0.338 e. The quantitative estimate of drug-likeness (QED) is 0.687. The Kier molecular flexibility index (Phi) is 3.12. The van der Waals surface area contributed by atoms with E-state index in [0.29, 0.717) is 5.38 Å². The number of hydrogen-bond acceptors (Lipinski definition) is 1. The maximum Gasteiger partial charge on any atom is 0.108 e. The molecule has 78 valence electrons. The second-order valence-corrected chi connectivity index (χ2v) is 4.76. The van der Waals surface area contributed by atoms with E-state index in [-0.39, 0.29) is 0 Å². The van der Waals surface area contributed by atoms with Gasteiger partial charge in [-0.3, -0.25) is 0 Å². The van der Waals surface area contributed by atoms with Crippen LogP contribution in [0, 0.1) is 5.92 Å². The van der Waals surface area contributed by atoms with Crippen molar-refractivity contribution >= 4 is 11.6 Å². The molecule has 0 aromatic carbocycles. The molecule has 1 aliphatic carbocycles. The highest BCUT2D eigenvalue weighted by Crippen LogP contribution is 2.37. The van der Waals surface area contributed by atoms with Crippen LogP contribution < -0.4 is 0 Å². The van der Waals surface area contributed by atoms with Crippen LogP contribution in [0.25, 0.3) is 0 Å². The fourth-order valence-electron chi connectivity index (χ4n) is 1.79. The first-order valence-electron chi connectivity index (χ1n) is 5.37. The van der Waals surface area contributed by atoms with Crippen molar-refractivity contribution in [1.82, 2.24) is 9.55 Å². The summed E-state index contributed by atoms with van der Waals surface area (Å²) in [6, 6.07) is 0. The van der Waals surface area contributed by atoms with Gasteiger partial charge < -0.3 is 4.57 Å². The minimum Gasteiger partial charge on any atom is -0.338 e. The topological polar surface area (TPSA) is 17.8 Å². The summed E-state index contributed by atoms with van der Waals surface area (Å²) in [6.45, 7) is 0. The molecular weight excluding hydrogens is 196 g/mol. The van der Waals surface area contributed by atoms with Gasteiger partial charge in [0.15, 0.2) is 0 Å². The molecule has 1 aromatic rings. The Bertz CT molecular complexity index is 291. The van der Waals surface area contributed by atoms with Gasteiger partial charge in [-0.1, -0.05) is 0 Å². The second kappa shape index (κ2) is 4.35. The third kappa shape index (κ3) is 2.50. The summed E-state index contributed by atoms with van der Waals surface area (Å²) in [6.07, 6.45) is 9.89. The summed E-state index contributed by atoms with van der Waals surface area (Å²) >= 11 is 6.23. The molecule has 0 spiro atoms. The van der Waals surface area contributed by atoms with Crippen LogP contribution in [0.15, 0.2) is 12.4 Å². The van der Waals surface area contributed by atoms with Gasteiger partial charge in [-0.25, -0.2) is 4.98 Å². The van der Waals surface area contributed by atoms with Gasteiger partial charge in [0.05, 0.1) is 0 Å². The van der Waals surface area contributed by atoms with Crippen LogP contribution in [-0.2, 0) is 13.5 Å². The highest BCUT2D eigenvalue weighted by molar-refractivity contribution is 6.20. The average molecular weight is 213 g/mol.